The van der Waals surface area contributed by atoms with Crippen LogP contribution in [0.5, 0.6) is 0 Å². The van der Waals surface area contributed by atoms with Crippen molar-refractivity contribution < 1.29 is 0 Å². The first-order valence-corrected chi connectivity index (χ1v) is 7.40. The number of benzene rings is 1. The molecule has 0 aliphatic heterocycles. The van der Waals surface area contributed by atoms with E-state index in [1.54, 1.807) is 11.3 Å². The number of nitrogens with zero attached hydrogens (tertiary/aromatic N) is 5. The maximum absolute atomic E-state index is 4.59. The molecule has 0 saturated carbocycles. The summed E-state index contributed by atoms with van der Waals surface area (Å²) < 4.78 is 1.82. The Kier molecular flexibility index (Phi) is 2.61. The van der Waals surface area contributed by atoms with Gasteiger partial charge in [-0.1, -0.05) is 12.1 Å². The van der Waals surface area contributed by atoms with Crippen molar-refractivity contribution in [1.82, 2.24) is 24.6 Å². The Balaban J connectivity index is 1.77. The fourth-order valence-corrected chi connectivity index (χ4v) is 2.96. The first-order valence-electron chi connectivity index (χ1n) is 6.52. The molecule has 0 aliphatic rings. The summed E-state index contributed by atoms with van der Waals surface area (Å²) in [6.07, 6.45) is 0. The van der Waals surface area contributed by atoms with Crippen molar-refractivity contribution in [1.29, 1.82) is 0 Å². The van der Waals surface area contributed by atoms with Gasteiger partial charge in [0, 0.05) is 5.38 Å². The van der Waals surface area contributed by atoms with Gasteiger partial charge in [-0.2, -0.15) is 4.98 Å². The second kappa shape index (κ2) is 4.49. The zero-order valence-corrected chi connectivity index (χ0v) is 12.3. The first kappa shape index (κ1) is 12.2. The summed E-state index contributed by atoms with van der Waals surface area (Å²) in [5.41, 5.74) is 3.62. The van der Waals surface area contributed by atoms with E-state index >= 15 is 0 Å². The van der Waals surface area contributed by atoms with Gasteiger partial charge in [-0.3, -0.25) is 0 Å². The van der Waals surface area contributed by atoms with Gasteiger partial charge in [-0.25, -0.2) is 14.5 Å². The van der Waals surface area contributed by atoms with Gasteiger partial charge in [0.15, 0.2) is 5.82 Å². The lowest BCUT2D eigenvalue weighted by Gasteiger charge is -2.06. The van der Waals surface area contributed by atoms with Crippen LogP contribution in [0.25, 0.3) is 16.0 Å². The summed E-state index contributed by atoms with van der Waals surface area (Å²) in [5, 5.41) is 9.61. The standard InChI is InChI=1S/C14H12N6S/c1-8-7-21-14-18-13(19-20(8)14)17-12-9(2)15-10-5-3-4-6-11(10)16-12/h3-7H,1-2H3,(H,16,17,19). The molecule has 1 N–H and O–H groups in total. The van der Waals surface area contributed by atoms with Crippen LogP contribution in [0.3, 0.4) is 0 Å². The van der Waals surface area contributed by atoms with Gasteiger partial charge >= 0.3 is 0 Å². The predicted molar refractivity (Wildman–Crippen MR) is 83.2 cm³/mol. The molecule has 4 rings (SSSR count). The van der Waals surface area contributed by atoms with E-state index in [1.807, 2.05) is 48.0 Å². The second-order valence-corrected chi connectivity index (χ2v) is 5.61. The van der Waals surface area contributed by atoms with E-state index in [1.165, 1.54) is 0 Å². The highest BCUT2D eigenvalue weighted by molar-refractivity contribution is 7.15. The molecule has 7 heteroatoms. The molecular weight excluding hydrogens is 284 g/mol. The molecule has 0 saturated heterocycles. The van der Waals surface area contributed by atoms with Gasteiger partial charge < -0.3 is 5.32 Å². The summed E-state index contributed by atoms with van der Waals surface area (Å²) in [5.74, 6) is 1.22. The van der Waals surface area contributed by atoms with Crippen LogP contribution in [-0.2, 0) is 0 Å². The minimum absolute atomic E-state index is 0.539. The first-order chi connectivity index (χ1) is 10.2. The molecule has 0 atom stereocenters. The van der Waals surface area contributed by atoms with E-state index < -0.39 is 0 Å². The molecule has 0 radical (unpaired) electrons. The molecular formula is C14H12N6S. The largest absolute Gasteiger partial charge is 0.306 e. The number of hydrogen-bond acceptors (Lipinski definition) is 6. The third kappa shape index (κ3) is 2.02. The number of rotatable bonds is 2. The van der Waals surface area contributed by atoms with Gasteiger partial charge in [0.05, 0.1) is 22.4 Å². The third-order valence-corrected chi connectivity index (χ3v) is 4.16. The number of aryl methyl sites for hydroxylation is 2. The third-order valence-electron chi connectivity index (χ3n) is 3.22. The topological polar surface area (TPSA) is 68.0 Å². The number of hydrogen-bond donors (Lipinski definition) is 1. The molecule has 0 amide bonds. The molecule has 3 aromatic heterocycles. The maximum Gasteiger partial charge on any atom is 0.249 e. The van der Waals surface area contributed by atoms with Crippen LogP contribution in [0.4, 0.5) is 11.8 Å². The maximum atomic E-state index is 4.59. The second-order valence-electron chi connectivity index (χ2n) is 4.78. The van der Waals surface area contributed by atoms with E-state index in [9.17, 15) is 0 Å². The Morgan fingerprint density at radius 2 is 1.81 bits per heavy atom. The highest BCUT2D eigenvalue weighted by Crippen LogP contribution is 2.21. The Labute approximate surface area is 124 Å². The smallest absolute Gasteiger partial charge is 0.249 e. The Morgan fingerprint density at radius 1 is 1.05 bits per heavy atom. The SMILES string of the molecule is Cc1nc2ccccc2nc1Nc1nc2scc(C)n2n1. The van der Waals surface area contributed by atoms with Gasteiger partial charge in [0.25, 0.3) is 0 Å². The molecule has 21 heavy (non-hydrogen) atoms. The predicted octanol–water partition coefficient (Wildman–Crippen LogP) is 3.09. The molecule has 104 valence electrons. The van der Waals surface area contributed by atoms with Crippen LogP contribution < -0.4 is 5.32 Å². The van der Waals surface area contributed by atoms with Crippen molar-refractivity contribution in [2.45, 2.75) is 13.8 Å². The van der Waals surface area contributed by atoms with Crippen molar-refractivity contribution in [3.63, 3.8) is 0 Å². The zero-order chi connectivity index (χ0) is 14.4. The molecule has 0 spiro atoms. The van der Waals surface area contributed by atoms with Crippen LogP contribution in [0, 0.1) is 13.8 Å². The highest BCUT2D eigenvalue weighted by Gasteiger charge is 2.10. The highest BCUT2D eigenvalue weighted by atomic mass is 32.1. The van der Waals surface area contributed by atoms with E-state index in [0.29, 0.717) is 11.8 Å². The van der Waals surface area contributed by atoms with Crippen LogP contribution >= 0.6 is 11.3 Å². The molecule has 4 aromatic rings. The molecule has 0 unspecified atom stereocenters. The van der Waals surface area contributed by atoms with E-state index in [4.69, 9.17) is 0 Å². The van der Waals surface area contributed by atoms with Gasteiger partial charge in [0.2, 0.25) is 10.9 Å². The molecule has 6 nitrogen and oxygen atoms in total. The van der Waals surface area contributed by atoms with Crippen LogP contribution in [0.2, 0.25) is 0 Å². The quantitative estimate of drug-likeness (QED) is 0.615. The Hall–Kier alpha value is -2.54. The average Bonchev–Trinajstić information content (AvgIpc) is 3.02. The monoisotopic (exact) mass is 296 g/mol. The lowest BCUT2D eigenvalue weighted by molar-refractivity contribution is 0.935. The minimum atomic E-state index is 0.539. The van der Waals surface area contributed by atoms with E-state index in [-0.39, 0.29) is 0 Å². The number of para-hydroxylation sites is 2. The van der Waals surface area contributed by atoms with Gasteiger partial charge in [-0.15, -0.1) is 16.4 Å². The van der Waals surface area contributed by atoms with Crippen LogP contribution in [0.1, 0.15) is 11.4 Å². The minimum Gasteiger partial charge on any atom is -0.306 e. The van der Waals surface area contributed by atoms with E-state index in [2.05, 4.69) is 25.4 Å². The molecule has 0 bridgehead atoms. The lowest BCUT2D eigenvalue weighted by atomic mass is 10.3. The molecule has 0 aliphatic carbocycles. The van der Waals surface area contributed by atoms with Crippen molar-refractivity contribution in [2.24, 2.45) is 0 Å². The normalized spacial score (nSPS) is 11.3. The number of anilines is 2. The average molecular weight is 296 g/mol. The van der Waals surface area contributed by atoms with Gasteiger partial charge in [0.1, 0.15) is 0 Å². The Morgan fingerprint density at radius 3 is 2.57 bits per heavy atom. The zero-order valence-electron chi connectivity index (χ0n) is 11.5. The fourth-order valence-electron chi connectivity index (χ4n) is 2.16. The van der Waals surface area contributed by atoms with Crippen LogP contribution in [0.15, 0.2) is 29.6 Å². The van der Waals surface area contributed by atoms with Crippen molar-refractivity contribution in [2.75, 3.05) is 5.32 Å². The Bertz CT molecular complexity index is 955. The summed E-state index contributed by atoms with van der Waals surface area (Å²) >= 11 is 1.57. The molecule has 1 aromatic carbocycles. The number of fused-ring (bicyclic) bond motifs is 2. The van der Waals surface area contributed by atoms with Gasteiger partial charge in [-0.05, 0) is 26.0 Å². The fraction of sp³-hybridized carbons (Fsp3) is 0.143. The summed E-state index contributed by atoms with van der Waals surface area (Å²) in [6.45, 7) is 3.93. The van der Waals surface area contributed by atoms with Crippen molar-refractivity contribution >= 4 is 39.1 Å². The van der Waals surface area contributed by atoms with Crippen molar-refractivity contribution in [3.05, 3.63) is 41.0 Å². The number of nitrogens with one attached hydrogen (secondary N) is 1. The number of thiazole rings is 1. The lowest BCUT2D eigenvalue weighted by Crippen LogP contribution is -2.01. The van der Waals surface area contributed by atoms with Crippen LogP contribution in [-0.4, -0.2) is 24.6 Å². The summed E-state index contributed by atoms with van der Waals surface area (Å²) in [4.78, 5) is 14.4. The number of aromatic nitrogens is 5. The summed E-state index contributed by atoms with van der Waals surface area (Å²) in [6, 6.07) is 7.80. The molecule has 0 fully saturated rings. The van der Waals surface area contributed by atoms with E-state index in [0.717, 1.165) is 27.4 Å². The summed E-state index contributed by atoms with van der Waals surface area (Å²) in [7, 11) is 0. The van der Waals surface area contributed by atoms with Crippen molar-refractivity contribution in [3.8, 4) is 0 Å². The molecule has 3 heterocycles.